The molecule has 1 saturated heterocycles. The number of halogens is 3. The fraction of sp³-hybridized carbons (Fsp3) is 0.407. The van der Waals surface area contributed by atoms with Crippen LogP contribution in [-0.4, -0.2) is 61.3 Å². The van der Waals surface area contributed by atoms with Gasteiger partial charge in [-0.3, -0.25) is 4.79 Å². The summed E-state index contributed by atoms with van der Waals surface area (Å²) in [5.74, 6) is -1.18. The quantitative estimate of drug-likeness (QED) is 0.405. The van der Waals surface area contributed by atoms with Gasteiger partial charge in [0.05, 0.1) is 17.8 Å². The molecule has 1 aromatic heterocycles. The van der Waals surface area contributed by atoms with E-state index >= 15 is 0 Å². The van der Waals surface area contributed by atoms with Crippen molar-refractivity contribution in [2.24, 2.45) is 0 Å². The lowest BCUT2D eigenvalue weighted by atomic mass is 9.95. The molecule has 1 amide bonds. The molecule has 11 heteroatoms. The second-order valence-electron chi connectivity index (χ2n) is 9.99. The molecule has 3 aromatic rings. The molecule has 202 valence electrons. The first-order valence-corrected chi connectivity index (χ1v) is 12.4. The number of carbonyl (C=O) groups is 1. The SMILES string of the molecule is Cc1c(N2CCN(C)[C@@H](C)C2)ccc2c3c(c(=O)oc12)CN(C(=O)c1ccc(N)c(OC(F)(F)F)c1)CC3. The summed E-state index contributed by atoms with van der Waals surface area (Å²) >= 11 is 0. The first-order valence-electron chi connectivity index (χ1n) is 12.4. The van der Waals surface area contributed by atoms with Crippen molar-refractivity contribution in [3.8, 4) is 5.75 Å². The summed E-state index contributed by atoms with van der Waals surface area (Å²) in [4.78, 5) is 32.3. The number of anilines is 2. The Labute approximate surface area is 217 Å². The van der Waals surface area contributed by atoms with Crippen LogP contribution in [0.4, 0.5) is 24.5 Å². The van der Waals surface area contributed by atoms with E-state index in [1.165, 1.54) is 17.0 Å². The van der Waals surface area contributed by atoms with E-state index in [1.54, 1.807) is 0 Å². The van der Waals surface area contributed by atoms with Gasteiger partial charge in [0.15, 0.2) is 5.75 Å². The van der Waals surface area contributed by atoms with Gasteiger partial charge in [0.25, 0.3) is 5.91 Å². The molecular weight excluding hydrogens is 501 g/mol. The molecule has 0 spiro atoms. The summed E-state index contributed by atoms with van der Waals surface area (Å²) < 4.78 is 47.9. The highest BCUT2D eigenvalue weighted by atomic mass is 19.4. The van der Waals surface area contributed by atoms with Crippen molar-refractivity contribution < 1.29 is 27.1 Å². The highest BCUT2D eigenvalue weighted by Gasteiger charge is 2.33. The average Bonchev–Trinajstić information content (AvgIpc) is 2.86. The number of nitrogens with two attached hydrogens (primary N) is 1. The van der Waals surface area contributed by atoms with Crippen LogP contribution in [0.15, 0.2) is 39.5 Å². The molecule has 0 saturated carbocycles. The van der Waals surface area contributed by atoms with Gasteiger partial charge in [-0.25, -0.2) is 4.79 Å². The highest BCUT2D eigenvalue weighted by Crippen LogP contribution is 2.34. The second kappa shape index (κ2) is 9.54. The van der Waals surface area contributed by atoms with Gasteiger partial charge >= 0.3 is 12.0 Å². The van der Waals surface area contributed by atoms with Gasteiger partial charge in [-0.1, -0.05) is 0 Å². The topological polar surface area (TPSA) is 92.2 Å². The summed E-state index contributed by atoms with van der Waals surface area (Å²) in [5, 5.41) is 0.837. The maximum atomic E-state index is 13.1. The molecule has 2 aromatic carbocycles. The third-order valence-corrected chi connectivity index (χ3v) is 7.56. The number of likely N-dealkylation sites (N-methyl/N-ethyl adjacent to an activating group) is 1. The molecule has 8 nitrogen and oxygen atoms in total. The van der Waals surface area contributed by atoms with Crippen LogP contribution in [0.5, 0.6) is 5.75 Å². The van der Waals surface area contributed by atoms with Gasteiger partial charge in [-0.2, -0.15) is 0 Å². The van der Waals surface area contributed by atoms with Crippen molar-refractivity contribution in [3.63, 3.8) is 0 Å². The number of nitrogen functional groups attached to an aromatic ring is 1. The van der Waals surface area contributed by atoms with E-state index in [0.29, 0.717) is 30.2 Å². The number of hydrogen-bond acceptors (Lipinski definition) is 7. The minimum Gasteiger partial charge on any atom is -0.422 e. The van der Waals surface area contributed by atoms with Crippen molar-refractivity contribution in [2.75, 3.05) is 43.9 Å². The van der Waals surface area contributed by atoms with Crippen molar-refractivity contribution in [2.45, 2.75) is 39.2 Å². The third-order valence-electron chi connectivity index (χ3n) is 7.56. The van der Waals surface area contributed by atoms with Crippen molar-refractivity contribution in [1.82, 2.24) is 9.80 Å². The molecule has 2 aliphatic rings. The molecule has 2 aliphatic heterocycles. The summed E-state index contributed by atoms with van der Waals surface area (Å²) in [6.07, 6.45) is -4.53. The Morgan fingerprint density at radius 3 is 2.61 bits per heavy atom. The van der Waals surface area contributed by atoms with Crippen LogP contribution >= 0.6 is 0 Å². The van der Waals surface area contributed by atoms with E-state index in [4.69, 9.17) is 10.2 Å². The van der Waals surface area contributed by atoms with Crippen LogP contribution in [0.2, 0.25) is 0 Å². The number of aryl methyl sites for hydroxylation is 1. The Balaban J connectivity index is 1.43. The molecule has 38 heavy (non-hydrogen) atoms. The van der Waals surface area contributed by atoms with E-state index in [9.17, 15) is 22.8 Å². The zero-order chi connectivity index (χ0) is 27.4. The second-order valence-corrected chi connectivity index (χ2v) is 9.99. The number of nitrogens with zero attached hydrogens (tertiary/aromatic N) is 3. The fourth-order valence-electron chi connectivity index (χ4n) is 5.30. The van der Waals surface area contributed by atoms with E-state index < -0.39 is 23.6 Å². The Morgan fingerprint density at radius 2 is 1.89 bits per heavy atom. The van der Waals surface area contributed by atoms with Crippen LogP contribution in [0.25, 0.3) is 11.0 Å². The molecular formula is C27H29F3N4O4. The first-order chi connectivity index (χ1) is 17.9. The monoisotopic (exact) mass is 530 g/mol. The normalized spacial score (nSPS) is 18.5. The lowest BCUT2D eigenvalue weighted by Gasteiger charge is -2.39. The van der Waals surface area contributed by atoms with Crippen LogP contribution in [-0.2, 0) is 13.0 Å². The molecule has 0 bridgehead atoms. The number of amides is 1. The molecule has 5 rings (SSSR count). The molecule has 1 fully saturated rings. The number of carbonyl (C=O) groups excluding carboxylic acids is 1. The van der Waals surface area contributed by atoms with Crippen LogP contribution in [0.3, 0.4) is 0 Å². The predicted octanol–water partition coefficient (Wildman–Crippen LogP) is 3.92. The highest BCUT2D eigenvalue weighted by molar-refractivity contribution is 5.96. The van der Waals surface area contributed by atoms with Gasteiger partial charge in [-0.15, -0.1) is 13.2 Å². The lowest BCUT2D eigenvalue weighted by Crippen LogP contribution is -2.50. The maximum Gasteiger partial charge on any atom is 0.573 e. The Hall–Kier alpha value is -3.73. The minimum absolute atomic E-state index is 0.0109. The third kappa shape index (κ3) is 4.78. The van der Waals surface area contributed by atoms with Gasteiger partial charge in [-0.05, 0) is 63.2 Å². The zero-order valence-corrected chi connectivity index (χ0v) is 21.4. The number of alkyl halides is 3. The van der Waals surface area contributed by atoms with E-state index in [1.807, 2.05) is 13.0 Å². The first kappa shape index (κ1) is 25.9. The molecule has 0 aliphatic carbocycles. The summed E-state index contributed by atoms with van der Waals surface area (Å²) in [7, 11) is 2.11. The number of ether oxygens (including phenoxy) is 1. The molecule has 3 heterocycles. The van der Waals surface area contributed by atoms with Crippen molar-refractivity contribution in [1.29, 1.82) is 0 Å². The molecule has 1 atom stereocenters. The fourth-order valence-corrected chi connectivity index (χ4v) is 5.30. The summed E-state index contributed by atoms with van der Waals surface area (Å²) in [6.45, 7) is 7.10. The Bertz CT molecular complexity index is 1470. The van der Waals surface area contributed by atoms with Crippen molar-refractivity contribution >= 4 is 28.3 Å². The molecule has 0 unspecified atom stereocenters. The lowest BCUT2D eigenvalue weighted by molar-refractivity contribution is -0.274. The van der Waals surface area contributed by atoms with E-state index in [2.05, 4.69) is 34.6 Å². The van der Waals surface area contributed by atoms with Gasteiger partial charge < -0.3 is 29.6 Å². The molecule has 2 N–H and O–H groups in total. The predicted molar refractivity (Wildman–Crippen MR) is 138 cm³/mol. The van der Waals surface area contributed by atoms with Crippen LogP contribution in [0.1, 0.15) is 34.0 Å². The van der Waals surface area contributed by atoms with E-state index in [0.717, 1.165) is 47.9 Å². The van der Waals surface area contributed by atoms with Gasteiger partial charge in [0.1, 0.15) is 5.58 Å². The van der Waals surface area contributed by atoms with Gasteiger partial charge in [0, 0.05) is 54.4 Å². The van der Waals surface area contributed by atoms with Crippen molar-refractivity contribution in [3.05, 3.63) is 63.0 Å². The minimum atomic E-state index is -4.94. The number of rotatable bonds is 3. The number of benzene rings is 2. The Kier molecular flexibility index (Phi) is 6.50. The largest absolute Gasteiger partial charge is 0.573 e. The zero-order valence-electron chi connectivity index (χ0n) is 21.4. The Morgan fingerprint density at radius 1 is 1.13 bits per heavy atom. The molecule has 0 radical (unpaired) electrons. The number of piperazine rings is 1. The van der Waals surface area contributed by atoms with E-state index in [-0.39, 0.29) is 17.8 Å². The van der Waals surface area contributed by atoms with Crippen LogP contribution in [0, 0.1) is 6.92 Å². The smallest absolute Gasteiger partial charge is 0.422 e. The van der Waals surface area contributed by atoms with Gasteiger partial charge in [0.2, 0.25) is 0 Å². The number of hydrogen-bond donors (Lipinski definition) is 1. The summed E-state index contributed by atoms with van der Waals surface area (Å²) in [6, 6.07) is 7.92. The average molecular weight is 531 g/mol. The summed E-state index contributed by atoms with van der Waals surface area (Å²) in [5.41, 5.74) is 8.50. The maximum absolute atomic E-state index is 13.1. The standard InChI is InChI=1S/C27H29F3N4O4/c1-15-13-33(11-10-32(15)3)22-7-5-19-18-8-9-34(14-20(18)26(36)37-24(19)16(22)2)25(35)17-4-6-21(31)23(12-17)38-27(28,29)30/h4-7,12,15H,8-11,13-14,31H2,1-3H3/t15-/m0/s1. The van der Waals surface area contributed by atoms with Crippen LogP contribution < -0.4 is 21.0 Å². The number of fused-ring (bicyclic) bond motifs is 3.